The van der Waals surface area contributed by atoms with Crippen LogP contribution in [0.15, 0.2) is 47.4 Å². The summed E-state index contributed by atoms with van der Waals surface area (Å²) in [7, 11) is -4.35. The van der Waals surface area contributed by atoms with Crippen molar-refractivity contribution in [1.29, 1.82) is 0 Å². The van der Waals surface area contributed by atoms with Crippen molar-refractivity contribution in [3.8, 4) is 0 Å². The molecular formula is C19H18F2N2O5S. The predicted octanol–water partition coefficient (Wildman–Crippen LogP) is 1.74. The Morgan fingerprint density at radius 1 is 0.931 bits per heavy atom. The molecule has 0 aromatic heterocycles. The number of carboxylic acids is 1. The number of sulfonamides is 1. The van der Waals surface area contributed by atoms with Crippen molar-refractivity contribution in [3.05, 3.63) is 65.2 Å². The van der Waals surface area contributed by atoms with Crippen LogP contribution in [0.2, 0.25) is 0 Å². The maximum Gasteiger partial charge on any atom is 0.335 e. The standard InChI is InChI=1S/C19H18F2N2O5S/c20-15-2-1-3-16(21)18(15)29(27,28)23-10-8-22(9-11-23)17(24)12-13-4-6-14(7-5-13)19(25)26/h1-7H,8-12H2,(H,25,26). The van der Waals surface area contributed by atoms with Crippen molar-refractivity contribution in [2.45, 2.75) is 11.3 Å². The minimum atomic E-state index is -4.35. The summed E-state index contributed by atoms with van der Waals surface area (Å²) in [5.74, 6) is -3.63. The van der Waals surface area contributed by atoms with E-state index in [-0.39, 0.29) is 44.1 Å². The number of halogens is 2. The zero-order valence-electron chi connectivity index (χ0n) is 15.2. The van der Waals surface area contributed by atoms with Gasteiger partial charge in [-0.2, -0.15) is 4.31 Å². The number of hydrogen-bond acceptors (Lipinski definition) is 4. The van der Waals surface area contributed by atoms with Gasteiger partial charge in [-0.25, -0.2) is 22.0 Å². The van der Waals surface area contributed by atoms with Crippen LogP contribution in [0.5, 0.6) is 0 Å². The topological polar surface area (TPSA) is 95.0 Å². The van der Waals surface area contributed by atoms with E-state index >= 15 is 0 Å². The van der Waals surface area contributed by atoms with Crippen molar-refractivity contribution in [3.63, 3.8) is 0 Å². The average molecular weight is 424 g/mol. The highest BCUT2D eigenvalue weighted by Gasteiger charge is 2.34. The van der Waals surface area contributed by atoms with Crippen LogP contribution in [0.25, 0.3) is 0 Å². The Morgan fingerprint density at radius 2 is 1.48 bits per heavy atom. The number of carbonyl (C=O) groups is 2. The third kappa shape index (κ3) is 4.43. The first-order chi connectivity index (χ1) is 13.7. The molecule has 1 amide bonds. The number of nitrogens with zero attached hydrogens (tertiary/aromatic N) is 2. The highest BCUT2D eigenvalue weighted by atomic mass is 32.2. The maximum absolute atomic E-state index is 13.9. The minimum absolute atomic E-state index is 0.0363. The molecule has 0 unspecified atom stereocenters. The quantitative estimate of drug-likeness (QED) is 0.789. The Kier molecular flexibility index (Phi) is 5.94. The number of hydrogen-bond donors (Lipinski definition) is 1. The Labute approximate surface area is 166 Å². The highest BCUT2D eigenvalue weighted by Crippen LogP contribution is 2.23. The van der Waals surface area contributed by atoms with E-state index in [0.29, 0.717) is 5.56 Å². The van der Waals surface area contributed by atoms with Crippen molar-refractivity contribution in [2.24, 2.45) is 0 Å². The van der Waals surface area contributed by atoms with Crippen molar-refractivity contribution >= 4 is 21.9 Å². The van der Waals surface area contributed by atoms with Gasteiger partial charge < -0.3 is 10.0 Å². The molecule has 0 bridgehead atoms. The van der Waals surface area contributed by atoms with Crippen LogP contribution < -0.4 is 0 Å². The first-order valence-corrected chi connectivity index (χ1v) is 10.2. The number of carbonyl (C=O) groups excluding carboxylic acids is 1. The Bertz CT molecular complexity index is 1010. The Balaban J connectivity index is 1.64. The predicted molar refractivity (Wildman–Crippen MR) is 98.8 cm³/mol. The van der Waals surface area contributed by atoms with Crippen LogP contribution in [0.1, 0.15) is 15.9 Å². The van der Waals surface area contributed by atoms with E-state index in [1.54, 1.807) is 12.1 Å². The number of amides is 1. The highest BCUT2D eigenvalue weighted by molar-refractivity contribution is 7.89. The molecule has 29 heavy (non-hydrogen) atoms. The van der Waals surface area contributed by atoms with E-state index in [0.717, 1.165) is 22.5 Å². The van der Waals surface area contributed by atoms with Gasteiger partial charge in [0.1, 0.15) is 11.6 Å². The molecule has 0 aliphatic carbocycles. The molecule has 0 saturated carbocycles. The molecule has 1 N–H and O–H groups in total. The summed E-state index contributed by atoms with van der Waals surface area (Å²) in [6.07, 6.45) is 0.0363. The van der Waals surface area contributed by atoms with Crippen LogP contribution in [0, 0.1) is 11.6 Å². The van der Waals surface area contributed by atoms with Gasteiger partial charge in [0, 0.05) is 26.2 Å². The minimum Gasteiger partial charge on any atom is -0.478 e. The van der Waals surface area contributed by atoms with Crippen molar-refractivity contribution < 1.29 is 31.9 Å². The third-order valence-electron chi connectivity index (χ3n) is 4.66. The summed E-state index contributed by atoms with van der Waals surface area (Å²) in [5, 5.41) is 8.89. The molecule has 7 nitrogen and oxygen atoms in total. The molecule has 2 aromatic carbocycles. The molecule has 3 rings (SSSR count). The number of aromatic carboxylic acids is 1. The average Bonchev–Trinajstić information content (AvgIpc) is 2.68. The van der Waals surface area contributed by atoms with Gasteiger partial charge in [0.05, 0.1) is 12.0 Å². The molecule has 1 heterocycles. The van der Waals surface area contributed by atoms with Gasteiger partial charge in [-0.3, -0.25) is 4.79 Å². The molecule has 1 saturated heterocycles. The van der Waals surface area contributed by atoms with Gasteiger partial charge in [-0.05, 0) is 29.8 Å². The van der Waals surface area contributed by atoms with Crippen LogP contribution in [-0.2, 0) is 21.2 Å². The fourth-order valence-electron chi connectivity index (χ4n) is 3.09. The van der Waals surface area contributed by atoms with E-state index < -0.39 is 32.5 Å². The van der Waals surface area contributed by atoms with Gasteiger partial charge in [0.15, 0.2) is 4.90 Å². The van der Waals surface area contributed by atoms with E-state index in [1.165, 1.54) is 17.0 Å². The van der Waals surface area contributed by atoms with Crippen molar-refractivity contribution in [2.75, 3.05) is 26.2 Å². The number of carboxylic acid groups (broad SMARTS) is 1. The van der Waals surface area contributed by atoms with Gasteiger partial charge >= 0.3 is 5.97 Å². The number of benzene rings is 2. The van der Waals surface area contributed by atoms with Crippen LogP contribution in [0.4, 0.5) is 8.78 Å². The lowest BCUT2D eigenvalue weighted by Crippen LogP contribution is -2.51. The second-order valence-corrected chi connectivity index (χ2v) is 8.39. The third-order valence-corrected chi connectivity index (χ3v) is 6.62. The Morgan fingerprint density at radius 3 is 2.00 bits per heavy atom. The fraction of sp³-hybridized carbons (Fsp3) is 0.263. The molecule has 0 atom stereocenters. The molecule has 10 heteroatoms. The molecule has 0 spiro atoms. The SMILES string of the molecule is O=C(O)c1ccc(CC(=O)N2CCN(S(=O)(=O)c3c(F)cccc3F)CC2)cc1. The zero-order chi connectivity index (χ0) is 21.2. The van der Waals surface area contributed by atoms with Crippen LogP contribution in [-0.4, -0.2) is 60.8 Å². The molecule has 1 aliphatic rings. The smallest absolute Gasteiger partial charge is 0.335 e. The normalized spacial score (nSPS) is 15.3. The van der Waals surface area contributed by atoms with Crippen LogP contribution in [0.3, 0.4) is 0 Å². The largest absolute Gasteiger partial charge is 0.478 e. The lowest BCUT2D eigenvalue weighted by Gasteiger charge is -2.34. The van der Waals surface area contributed by atoms with Gasteiger partial charge in [-0.1, -0.05) is 18.2 Å². The molecule has 1 aliphatic heterocycles. The fourth-order valence-corrected chi connectivity index (χ4v) is 4.62. The summed E-state index contributed by atoms with van der Waals surface area (Å²) in [4.78, 5) is 23.8. The summed E-state index contributed by atoms with van der Waals surface area (Å²) in [6, 6.07) is 8.74. The lowest BCUT2D eigenvalue weighted by molar-refractivity contribution is -0.131. The summed E-state index contributed by atoms with van der Waals surface area (Å²) in [5.41, 5.74) is 0.740. The molecule has 154 valence electrons. The molecular weight excluding hydrogens is 406 g/mol. The maximum atomic E-state index is 13.9. The number of rotatable bonds is 5. The van der Waals surface area contributed by atoms with E-state index in [2.05, 4.69) is 0 Å². The molecule has 2 aromatic rings. The van der Waals surface area contributed by atoms with Crippen LogP contribution >= 0.6 is 0 Å². The monoisotopic (exact) mass is 424 g/mol. The van der Waals surface area contributed by atoms with Gasteiger partial charge in [0.2, 0.25) is 15.9 Å². The zero-order valence-corrected chi connectivity index (χ0v) is 16.0. The second kappa shape index (κ2) is 8.26. The first-order valence-electron chi connectivity index (χ1n) is 8.74. The van der Waals surface area contributed by atoms with Gasteiger partial charge in [-0.15, -0.1) is 0 Å². The number of piperazine rings is 1. The van der Waals surface area contributed by atoms with Crippen molar-refractivity contribution in [1.82, 2.24) is 9.21 Å². The second-order valence-electron chi connectivity index (χ2n) is 6.51. The Hall–Kier alpha value is -2.85. The first kappa shape index (κ1) is 20.9. The van der Waals surface area contributed by atoms with Gasteiger partial charge in [0.25, 0.3) is 0 Å². The lowest BCUT2D eigenvalue weighted by atomic mass is 10.1. The van der Waals surface area contributed by atoms with E-state index in [9.17, 15) is 26.8 Å². The molecule has 0 radical (unpaired) electrons. The summed E-state index contributed by atoms with van der Waals surface area (Å²) in [6.45, 7) is 0.00227. The van der Waals surface area contributed by atoms with E-state index in [1.807, 2.05) is 0 Å². The van der Waals surface area contributed by atoms with E-state index in [4.69, 9.17) is 5.11 Å². The summed E-state index contributed by atoms with van der Waals surface area (Å²) < 4.78 is 53.9. The summed E-state index contributed by atoms with van der Waals surface area (Å²) >= 11 is 0. The molecule has 1 fully saturated rings.